The fourth-order valence-corrected chi connectivity index (χ4v) is 1.57. The van der Waals surface area contributed by atoms with E-state index < -0.39 is 16.2 Å². The average molecular weight is 161 g/mol. The lowest BCUT2D eigenvalue weighted by atomic mass is 10.6. The molecule has 0 aliphatic rings. The van der Waals surface area contributed by atoms with Crippen molar-refractivity contribution < 1.29 is 9.90 Å². The zero-order valence-electron chi connectivity index (χ0n) is 6.33. The Bertz CT molecular complexity index is 132. The molecule has 0 aromatic rings. The fourth-order valence-electron chi connectivity index (χ4n) is 0.525. The third kappa shape index (κ3) is 3.56. The molecule has 0 rings (SSSR count). The number of rotatable bonds is 3. The van der Waals surface area contributed by atoms with Gasteiger partial charge in [0.25, 0.3) is 0 Å². The topological polar surface area (TPSA) is 37.3 Å². The zero-order chi connectivity index (χ0) is 7.98. The van der Waals surface area contributed by atoms with Crippen molar-refractivity contribution in [3.63, 3.8) is 0 Å². The minimum Gasteiger partial charge on any atom is -0.441 e. The van der Waals surface area contributed by atoms with Gasteiger partial charge in [-0.3, -0.25) is 0 Å². The third-order valence-electron chi connectivity index (χ3n) is 1.13. The molecule has 0 aliphatic heterocycles. The molecule has 0 radical (unpaired) electrons. The molecular weight excluding hydrogens is 148 g/mol. The predicted molar refractivity (Wildman–Crippen MR) is 45.6 cm³/mol. The van der Waals surface area contributed by atoms with E-state index >= 15 is 0 Å². The molecular formula is C7H13O2S+. The van der Waals surface area contributed by atoms with Gasteiger partial charge in [0.1, 0.15) is 22.4 Å². The average Bonchev–Trinajstić information content (AvgIpc) is 1.89. The number of carbonyl (C=O) groups is 1. The van der Waals surface area contributed by atoms with Crippen molar-refractivity contribution in [2.24, 2.45) is 0 Å². The Labute approximate surface area is 64.3 Å². The largest absolute Gasteiger partial charge is 0.523 e. The van der Waals surface area contributed by atoms with Gasteiger partial charge in [-0.1, -0.05) is 6.08 Å². The summed E-state index contributed by atoms with van der Waals surface area (Å²) in [6, 6.07) is 0. The van der Waals surface area contributed by atoms with Gasteiger partial charge in [0.15, 0.2) is 0 Å². The van der Waals surface area contributed by atoms with Crippen LogP contribution in [0.25, 0.3) is 0 Å². The molecule has 1 atom stereocenters. The highest BCUT2D eigenvalue weighted by molar-refractivity contribution is 8.10. The zero-order valence-corrected chi connectivity index (χ0v) is 7.15. The minimum atomic E-state index is -0.666. The quantitative estimate of drug-likeness (QED) is 0.507. The van der Waals surface area contributed by atoms with Gasteiger partial charge in [-0.05, 0) is 19.9 Å². The van der Waals surface area contributed by atoms with Crippen molar-refractivity contribution in [1.82, 2.24) is 0 Å². The fraction of sp³-hybridized carbons (Fsp3) is 0.571. The second kappa shape index (κ2) is 5.35. The summed E-state index contributed by atoms with van der Waals surface area (Å²) in [7, 11) is -0.453. The van der Waals surface area contributed by atoms with Gasteiger partial charge in [0, 0.05) is 0 Å². The van der Waals surface area contributed by atoms with Crippen molar-refractivity contribution in [1.29, 1.82) is 0 Å². The van der Waals surface area contributed by atoms with E-state index in [1.165, 1.54) is 0 Å². The van der Waals surface area contributed by atoms with E-state index in [0.29, 0.717) is 5.75 Å². The highest BCUT2D eigenvalue weighted by Gasteiger charge is 2.23. The lowest BCUT2D eigenvalue weighted by Crippen LogP contribution is -2.17. The van der Waals surface area contributed by atoms with E-state index in [-0.39, 0.29) is 0 Å². The first-order chi connectivity index (χ1) is 4.72. The summed E-state index contributed by atoms with van der Waals surface area (Å²) in [6.45, 7) is 3.81. The molecule has 0 fully saturated rings. The van der Waals surface area contributed by atoms with E-state index in [0.717, 1.165) is 5.75 Å². The first kappa shape index (κ1) is 9.56. The van der Waals surface area contributed by atoms with Gasteiger partial charge in [0.05, 0.1) is 0 Å². The van der Waals surface area contributed by atoms with Crippen LogP contribution in [0.2, 0.25) is 0 Å². The molecule has 58 valence electrons. The number of hydrogen-bond donors (Lipinski definition) is 1. The third-order valence-corrected chi connectivity index (χ3v) is 2.91. The first-order valence-electron chi connectivity index (χ1n) is 3.24. The summed E-state index contributed by atoms with van der Waals surface area (Å²) < 4.78 is 0. The molecule has 3 heteroatoms. The Morgan fingerprint density at radius 2 is 2.30 bits per heavy atom. The molecule has 0 saturated carbocycles. The van der Waals surface area contributed by atoms with Crippen LogP contribution in [-0.2, 0) is 10.9 Å². The predicted octanol–water partition coefficient (Wildman–Crippen LogP) is 1.88. The van der Waals surface area contributed by atoms with Crippen LogP contribution in [0.1, 0.15) is 13.8 Å². The van der Waals surface area contributed by atoms with Crippen LogP contribution in [0, 0.1) is 0 Å². The van der Waals surface area contributed by atoms with E-state index in [1.54, 1.807) is 0 Å². The lowest BCUT2D eigenvalue weighted by Gasteiger charge is -1.93. The molecule has 10 heavy (non-hydrogen) atoms. The molecule has 2 nitrogen and oxygen atoms in total. The van der Waals surface area contributed by atoms with Crippen LogP contribution in [0.4, 0.5) is 4.79 Å². The van der Waals surface area contributed by atoms with E-state index in [1.807, 2.05) is 26.0 Å². The molecule has 1 N–H and O–H groups in total. The van der Waals surface area contributed by atoms with Crippen molar-refractivity contribution in [2.75, 3.05) is 11.5 Å². The van der Waals surface area contributed by atoms with E-state index in [4.69, 9.17) is 5.11 Å². The summed E-state index contributed by atoms with van der Waals surface area (Å²) in [5, 5.41) is 7.91. The highest BCUT2D eigenvalue weighted by Crippen LogP contribution is 1.98. The van der Waals surface area contributed by atoms with Crippen LogP contribution in [0.3, 0.4) is 0 Å². The van der Waals surface area contributed by atoms with Crippen molar-refractivity contribution in [2.45, 2.75) is 13.8 Å². The summed E-state index contributed by atoms with van der Waals surface area (Å²) >= 11 is 0. The maximum absolute atomic E-state index is 10.4. The molecule has 0 spiro atoms. The van der Waals surface area contributed by atoms with Gasteiger partial charge in [-0.2, -0.15) is 4.79 Å². The van der Waals surface area contributed by atoms with Gasteiger partial charge in [-0.25, -0.2) is 0 Å². The van der Waals surface area contributed by atoms with E-state index in [2.05, 4.69) is 0 Å². The molecule has 0 aliphatic carbocycles. The molecule has 0 aromatic heterocycles. The molecule has 0 aromatic carbocycles. The maximum atomic E-state index is 10.4. The summed E-state index contributed by atoms with van der Waals surface area (Å²) in [5.74, 6) is 1.42. The van der Waals surface area contributed by atoms with Crippen LogP contribution in [-0.4, -0.2) is 21.9 Å². The van der Waals surface area contributed by atoms with Crippen LogP contribution in [0.5, 0.6) is 0 Å². The standard InChI is InChI=1S/C7H12O2S/c1-3-5-6-10(4-2)7(8)9/h3,5H,4,6H2,1-2H3/p+1/b5-3+. The second-order valence-electron chi connectivity index (χ2n) is 1.78. The molecule has 0 amide bonds. The molecule has 0 heterocycles. The lowest BCUT2D eigenvalue weighted by molar-refractivity contribution is 0.221. The summed E-state index contributed by atoms with van der Waals surface area (Å²) in [5.41, 5.74) is 0. The van der Waals surface area contributed by atoms with E-state index in [9.17, 15) is 4.79 Å². The smallest absolute Gasteiger partial charge is 0.441 e. The number of carboxylic acid groups (broad SMARTS) is 1. The van der Waals surface area contributed by atoms with Crippen LogP contribution < -0.4 is 0 Å². The molecule has 0 saturated heterocycles. The monoisotopic (exact) mass is 161 g/mol. The van der Waals surface area contributed by atoms with Crippen LogP contribution >= 0.6 is 0 Å². The van der Waals surface area contributed by atoms with Crippen LogP contribution in [0.15, 0.2) is 12.2 Å². The maximum Gasteiger partial charge on any atom is 0.523 e. The van der Waals surface area contributed by atoms with Gasteiger partial charge < -0.3 is 5.11 Å². The highest BCUT2D eigenvalue weighted by atomic mass is 32.2. The van der Waals surface area contributed by atoms with Crippen molar-refractivity contribution >= 4 is 16.2 Å². The Balaban J connectivity index is 3.71. The van der Waals surface area contributed by atoms with Crippen molar-refractivity contribution in [3.05, 3.63) is 12.2 Å². The Morgan fingerprint density at radius 3 is 2.60 bits per heavy atom. The van der Waals surface area contributed by atoms with Gasteiger partial charge in [0.2, 0.25) is 0 Å². The normalized spacial score (nSPS) is 13.8. The summed E-state index contributed by atoms with van der Waals surface area (Å²) in [6.07, 6.45) is 3.79. The second-order valence-corrected chi connectivity index (χ2v) is 4.03. The molecule has 1 unspecified atom stereocenters. The van der Waals surface area contributed by atoms with Gasteiger partial charge >= 0.3 is 5.30 Å². The Kier molecular flexibility index (Phi) is 5.12. The number of hydrogen-bond acceptors (Lipinski definition) is 1. The SMILES string of the molecule is C/C=C/C[S+](CC)C(=O)O. The Morgan fingerprint density at radius 1 is 1.70 bits per heavy atom. The minimum absolute atomic E-state index is 0.453. The Hall–Kier alpha value is -0.440. The van der Waals surface area contributed by atoms with Crippen molar-refractivity contribution in [3.8, 4) is 0 Å². The number of allylic oxidation sites excluding steroid dienone is 1. The molecule has 0 bridgehead atoms. The summed E-state index contributed by atoms with van der Waals surface area (Å²) in [4.78, 5) is 10.4. The first-order valence-corrected chi connectivity index (χ1v) is 4.80. The van der Waals surface area contributed by atoms with Gasteiger partial charge in [-0.15, -0.1) is 0 Å².